The van der Waals surface area contributed by atoms with Gasteiger partial charge in [-0.05, 0) is 31.9 Å². The molecule has 0 spiro atoms. The van der Waals surface area contributed by atoms with E-state index in [-0.39, 0.29) is 12.4 Å². The molecule has 1 aromatic rings. The Labute approximate surface area is 106 Å². The van der Waals surface area contributed by atoms with E-state index in [1.54, 1.807) is 6.92 Å². The van der Waals surface area contributed by atoms with Crippen molar-refractivity contribution in [2.75, 3.05) is 6.61 Å². The van der Waals surface area contributed by atoms with Gasteiger partial charge in [0.2, 0.25) is 0 Å². The molecule has 0 amide bonds. The molecule has 1 aliphatic rings. The third kappa shape index (κ3) is 1.94. The third-order valence-corrected chi connectivity index (χ3v) is 3.01. The molecule has 1 heterocycles. The van der Waals surface area contributed by atoms with Crippen molar-refractivity contribution in [1.82, 2.24) is 0 Å². The van der Waals surface area contributed by atoms with Crippen LogP contribution in [-0.4, -0.2) is 24.6 Å². The summed E-state index contributed by atoms with van der Waals surface area (Å²) in [5.74, 6) is -1.66. The first-order valence-corrected chi connectivity index (χ1v) is 5.91. The number of rotatable bonds is 2. The molecule has 4 nitrogen and oxygen atoms in total. The molecule has 94 valence electrons. The van der Waals surface area contributed by atoms with Gasteiger partial charge >= 0.3 is 5.97 Å². The molecule has 1 aliphatic heterocycles. The van der Waals surface area contributed by atoms with Crippen LogP contribution in [0.15, 0.2) is 17.1 Å². The Kier molecular flexibility index (Phi) is 3.28. The highest BCUT2D eigenvalue weighted by atomic mass is 16.5. The molecular weight excluding hydrogens is 230 g/mol. The second kappa shape index (κ2) is 4.72. The Bertz CT molecular complexity index is 546. The zero-order valence-electron chi connectivity index (χ0n) is 10.7. The van der Waals surface area contributed by atoms with E-state index in [2.05, 4.69) is 4.99 Å². The van der Waals surface area contributed by atoms with E-state index in [4.69, 9.17) is 4.74 Å². The van der Waals surface area contributed by atoms with Crippen molar-refractivity contribution < 1.29 is 14.3 Å². The monoisotopic (exact) mass is 245 g/mol. The van der Waals surface area contributed by atoms with Gasteiger partial charge in [0.05, 0.1) is 12.3 Å². The Balaban J connectivity index is 2.46. The summed E-state index contributed by atoms with van der Waals surface area (Å²) < 4.78 is 4.89. The summed E-state index contributed by atoms with van der Waals surface area (Å²) in [6, 6.07) is 3.79. The van der Waals surface area contributed by atoms with Crippen LogP contribution < -0.4 is 0 Å². The van der Waals surface area contributed by atoms with Crippen LogP contribution in [0.3, 0.4) is 0 Å². The lowest BCUT2D eigenvalue weighted by atomic mass is 9.90. The highest BCUT2D eigenvalue weighted by molar-refractivity contribution is 6.23. The van der Waals surface area contributed by atoms with Gasteiger partial charge in [-0.15, -0.1) is 0 Å². The normalized spacial score (nSPS) is 17.5. The van der Waals surface area contributed by atoms with Crippen LogP contribution in [0, 0.1) is 19.8 Å². The number of hydrogen-bond acceptors (Lipinski definition) is 4. The number of hydrogen-bond donors (Lipinski definition) is 0. The quantitative estimate of drug-likeness (QED) is 0.593. The van der Waals surface area contributed by atoms with E-state index < -0.39 is 11.9 Å². The molecule has 0 aliphatic carbocycles. The maximum absolute atomic E-state index is 12.3. The molecular formula is C14H15NO3. The van der Waals surface area contributed by atoms with Crippen LogP contribution in [0.1, 0.15) is 28.4 Å². The van der Waals surface area contributed by atoms with Gasteiger partial charge in [-0.3, -0.25) is 14.6 Å². The number of carbonyl (C=O) groups is 2. The summed E-state index contributed by atoms with van der Waals surface area (Å²) in [7, 11) is 0. The van der Waals surface area contributed by atoms with Crippen LogP contribution in [-0.2, 0) is 9.53 Å². The highest BCUT2D eigenvalue weighted by Gasteiger charge is 2.33. The molecule has 0 saturated carbocycles. The summed E-state index contributed by atoms with van der Waals surface area (Å²) in [5, 5.41) is 0. The largest absolute Gasteiger partial charge is 0.465 e. The van der Waals surface area contributed by atoms with E-state index in [1.165, 1.54) is 6.21 Å². The van der Waals surface area contributed by atoms with Crippen molar-refractivity contribution in [3.63, 3.8) is 0 Å². The fraction of sp³-hybridized carbons (Fsp3) is 0.357. The molecule has 0 N–H and O–H groups in total. The third-order valence-electron chi connectivity index (χ3n) is 3.01. The molecule has 2 rings (SSSR count). The number of Topliss-reactive ketones (excluding diaryl/α,β-unsaturated/α-hetero) is 1. The summed E-state index contributed by atoms with van der Waals surface area (Å²) in [4.78, 5) is 28.2. The number of aryl methyl sites for hydroxylation is 2. The molecule has 18 heavy (non-hydrogen) atoms. The minimum absolute atomic E-state index is 0.223. The van der Waals surface area contributed by atoms with Crippen molar-refractivity contribution in [3.8, 4) is 0 Å². The van der Waals surface area contributed by atoms with E-state index in [0.717, 1.165) is 11.1 Å². The van der Waals surface area contributed by atoms with Crippen molar-refractivity contribution >= 4 is 23.7 Å². The predicted octanol–water partition coefficient (Wildman–Crippen LogP) is 2.38. The molecule has 0 aromatic heterocycles. The van der Waals surface area contributed by atoms with Crippen molar-refractivity contribution in [2.45, 2.75) is 20.8 Å². The number of benzene rings is 1. The van der Waals surface area contributed by atoms with Gasteiger partial charge in [-0.2, -0.15) is 0 Å². The number of carbonyl (C=O) groups excluding carboxylic acids is 2. The molecule has 4 heteroatoms. The van der Waals surface area contributed by atoms with Crippen LogP contribution in [0.2, 0.25) is 0 Å². The number of nitrogens with zero attached hydrogens (tertiary/aromatic N) is 1. The summed E-state index contributed by atoms with van der Waals surface area (Å²) in [5.41, 5.74) is 2.98. The Morgan fingerprint density at radius 2 is 2.00 bits per heavy atom. The van der Waals surface area contributed by atoms with Crippen molar-refractivity contribution in [2.24, 2.45) is 10.9 Å². The van der Waals surface area contributed by atoms with Crippen LogP contribution in [0.5, 0.6) is 0 Å². The van der Waals surface area contributed by atoms with Crippen LogP contribution in [0.25, 0.3) is 0 Å². The van der Waals surface area contributed by atoms with Gasteiger partial charge in [0.25, 0.3) is 0 Å². The van der Waals surface area contributed by atoms with Crippen molar-refractivity contribution in [3.05, 3.63) is 28.8 Å². The standard InChI is InChI=1S/C14H15NO3/c1-4-18-14(17)10-7-15-12-9(3)6-5-8(2)11(12)13(10)16/h5-7,10H,4H2,1-3H3. The smallest absolute Gasteiger partial charge is 0.322 e. The van der Waals surface area contributed by atoms with Crippen LogP contribution >= 0.6 is 0 Å². The first kappa shape index (κ1) is 12.5. The maximum atomic E-state index is 12.3. The molecule has 1 aromatic carbocycles. The van der Waals surface area contributed by atoms with Crippen molar-refractivity contribution in [1.29, 1.82) is 0 Å². The first-order valence-electron chi connectivity index (χ1n) is 5.91. The average Bonchev–Trinajstić information content (AvgIpc) is 2.34. The van der Waals surface area contributed by atoms with Gasteiger partial charge in [0, 0.05) is 11.8 Å². The average molecular weight is 245 g/mol. The Morgan fingerprint density at radius 3 is 2.67 bits per heavy atom. The number of aliphatic imine (C=N–C) groups is 1. The summed E-state index contributed by atoms with van der Waals surface area (Å²) in [6.07, 6.45) is 1.38. The van der Waals surface area contributed by atoms with E-state index in [0.29, 0.717) is 11.3 Å². The molecule has 0 radical (unpaired) electrons. The summed E-state index contributed by atoms with van der Waals surface area (Å²) in [6.45, 7) is 5.72. The number of ether oxygens (including phenoxy) is 1. The van der Waals surface area contributed by atoms with E-state index >= 15 is 0 Å². The second-order valence-electron chi connectivity index (χ2n) is 4.30. The summed E-state index contributed by atoms with van der Waals surface area (Å²) >= 11 is 0. The van der Waals surface area contributed by atoms with Gasteiger partial charge in [-0.25, -0.2) is 0 Å². The zero-order chi connectivity index (χ0) is 13.3. The Hall–Kier alpha value is -1.97. The molecule has 0 saturated heterocycles. The fourth-order valence-corrected chi connectivity index (χ4v) is 2.05. The predicted molar refractivity (Wildman–Crippen MR) is 68.5 cm³/mol. The molecule has 0 bridgehead atoms. The van der Waals surface area contributed by atoms with Gasteiger partial charge in [-0.1, -0.05) is 12.1 Å². The van der Waals surface area contributed by atoms with Crippen LogP contribution in [0.4, 0.5) is 5.69 Å². The molecule has 1 atom stereocenters. The second-order valence-corrected chi connectivity index (χ2v) is 4.30. The fourth-order valence-electron chi connectivity index (χ4n) is 2.05. The minimum atomic E-state index is -0.905. The number of fused-ring (bicyclic) bond motifs is 1. The molecule has 0 fully saturated rings. The zero-order valence-corrected chi connectivity index (χ0v) is 10.7. The number of esters is 1. The molecule has 1 unspecified atom stereocenters. The van der Waals surface area contributed by atoms with Gasteiger partial charge in [0.1, 0.15) is 0 Å². The topological polar surface area (TPSA) is 55.7 Å². The first-order chi connectivity index (χ1) is 8.56. The Morgan fingerprint density at radius 1 is 1.33 bits per heavy atom. The lowest BCUT2D eigenvalue weighted by molar-refractivity contribution is -0.143. The number of ketones is 1. The van der Waals surface area contributed by atoms with E-state index in [9.17, 15) is 9.59 Å². The van der Waals surface area contributed by atoms with Gasteiger partial charge < -0.3 is 4.74 Å². The lowest BCUT2D eigenvalue weighted by Gasteiger charge is -2.19. The lowest BCUT2D eigenvalue weighted by Crippen LogP contribution is -2.30. The SMILES string of the molecule is CCOC(=O)C1C=Nc2c(C)ccc(C)c2C1=O. The maximum Gasteiger partial charge on any atom is 0.322 e. The van der Waals surface area contributed by atoms with Gasteiger partial charge in [0.15, 0.2) is 11.7 Å². The minimum Gasteiger partial charge on any atom is -0.465 e. The highest BCUT2D eigenvalue weighted by Crippen LogP contribution is 2.32. The van der Waals surface area contributed by atoms with E-state index in [1.807, 2.05) is 26.0 Å².